The maximum absolute atomic E-state index is 9.62. The van der Waals surface area contributed by atoms with Gasteiger partial charge < -0.3 is 25.2 Å². The molecular formula is C10H16N2O3. The monoisotopic (exact) mass is 212 g/mol. The standard InChI is InChI=1S/C10H16N2O3/c1-14-6-11-8-4-3-5-9(13)10(8)12-7-15-2/h3-5,11-13H,6-7H2,1-2H3. The van der Waals surface area contributed by atoms with Gasteiger partial charge in [0.1, 0.15) is 24.9 Å². The van der Waals surface area contributed by atoms with E-state index in [0.29, 0.717) is 19.1 Å². The van der Waals surface area contributed by atoms with E-state index in [0.717, 1.165) is 5.69 Å². The molecule has 0 spiro atoms. The van der Waals surface area contributed by atoms with Crippen molar-refractivity contribution in [1.82, 2.24) is 0 Å². The highest BCUT2D eigenvalue weighted by molar-refractivity contribution is 5.74. The third kappa shape index (κ3) is 3.30. The Bertz CT molecular complexity index is 305. The Hall–Kier alpha value is -1.46. The molecule has 0 amide bonds. The van der Waals surface area contributed by atoms with Gasteiger partial charge in [0.05, 0.1) is 5.69 Å². The van der Waals surface area contributed by atoms with E-state index in [2.05, 4.69) is 10.6 Å². The highest BCUT2D eigenvalue weighted by atomic mass is 16.5. The molecular weight excluding hydrogens is 196 g/mol. The van der Waals surface area contributed by atoms with Crippen molar-refractivity contribution in [3.63, 3.8) is 0 Å². The van der Waals surface area contributed by atoms with Crippen molar-refractivity contribution in [2.75, 3.05) is 38.3 Å². The third-order valence-electron chi connectivity index (χ3n) is 1.84. The average Bonchev–Trinajstić information content (AvgIpc) is 2.25. The molecule has 0 saturated carbocycles. The molecule has 0 saturated heterocycles. The molecule has 15 heavy (non-hydrogen) atoms. The summed E-state index contributed by atoms with van der Waals surface area (Å²) >= 11 is 0. The molecule has 0 unspecified atom stereocenters. The molecule has 1 rings (SSSR count). The molecule has 3 N–H and O–H groups in total. The molecule has 1 aromatic carbocycles. The Morgan fingerprint density at radius 3 is 2.47 bits per heavy atom. The van der Waals surface area contributed by atoms with E-state index in [1.165, 1.54) is 0 Å². The minimum atomic E-state index is 0.174. The Kier molecular flexibility index (Phi) is 4.73. The van der Waals surface area contributed by atoms with Crippen LogP contribution in [-0.4, -0.2) is 32.8 Å². The first-order valence-electron chi connectivity index (χ1n) is 4.57. The summed E-state index contributed by atoms with van der Waals surface area (Å²) in [7, 11) is 3.17. The zero-order valence-electron chi connectivity index (χ0n) is 8.91. The van der Waals surface area contributed by atoms with E-state index < -0.39 is 0 Å². The molecule has 0 aliphatic rings. The van der Waals surface area contributed by atoms with E-state index in [9.17, 15) is 5.11 Å². The summed E-state index contributed by atoms with van der Waals surface area (Å²) in [5.74, 6) is 0.174. The second kappa shape index (κ2) is 6.10. The lowest BCUT2D eigenvalue weighted by atomic mass is 10.2. The van der Waals surface area contributed by atoms with Crippen molar-refractivity contribution in [2.24, 2.45) is 0 Å². The Morgan fingerprint density at radius 2 is 1.80 bits per heavy atom. The fourth-order valence-corrected chi connectivity index (χ4v) is 1.17. The van der Waals surface area contributed by atoms with E-state index in [-0.39, 0.29) is 5.75 Å². The van der Waals surface area contributed by atoms with Crippen molar-refractivity contribution >= 4 is 11.4 Å². The molecule has 0 aromatic heterocycles. The van der Waals surface area contributed by atoms with Crippen LogP contribution < -0.4 is 10.6 Å². The van der Waals surface area contributed by atoms with Crippen LogP contribution in [-0.2, 0) is 9.47 Å². The van der Waals surface area contributed by atoms with Crippen LogP contribution in [0.25, 0.3) is 0 Å². The smallest absolute Gasteiger partial charge is 0.140 e. The highest BCUT2D eigenvalue weighted by Crippen LogP contribution is 2.31. The average molecular weight is 212 g/mol. The maximum Gasteiger partial charge on any atom is 0.140 e. The SMILES string of the molecule is COCNc1cccc(O)c1NCOC. The second-order valence-electron chi connectivity index (χ2n) is 2.92. The predicted octanol–water partition coefficient (Wildman–Crippen LogP) is 1.42. The molecule has 84 valence electrons. The van der Waals surface area contributed by atoms with Crippen molar-refractivity contribution in [1.29, 1.82) is 0 Å². The quantitative estimate of drug-likeness (QED) is 0.491. The van der Waals surface area contributed by atoms with Gasteiger partial charge in [-0.05, 0) is 12.1 Å². The molecule has 0 atom stereocenters. The number of aromatic hydroxyl groups is 1. The first-order valence-corrected chi connectivity index (χ1v) is 4.57. The lowest BCUT2D eigenvalue weighted by Crippen LogP contribution is -2.09. The first kappa shape index (κ1) is 11.6. The van der Waals surface area contributed by atoms with E-state index in [4.69, 9.17) is 9.47 Å². The van der Waals surface area contributed by atoms with Crippen LogP contribution in [0, 0.1) is 0 Å². The molecule has 0 heterocycles. The zero-order chi connectivity index (χ0) is 11.1. The van der Waals surface area contributed by atoms with Crippen LogP contribution in [0.3, 0.4) is 0 Å². The van der Waals surface area contributed by atoms with Crippen molar-refractivity contribution < 1.29 is 14.6 Å². The summed E-state index contributed by atoms with van der Waals surface area (Å²) < 4.78 is 9.77. The maximum atomic E-state index is 9.62. The predicted molar refractivity (Wildman–Crippen MR) is 59.1 cm³/mol. The summed E-state index contributed by atoms with van der Waals surface area (Å²) in [4.78, 5) is 0. The van der Waals surface area contributed by atoms with Crippen LogP contribution in [0.1, 0.15) is 0 Å². The van der Waals surface area contributed by atoms with Gasteiger partial charge >= 0.3 is 0 Å². The van der Waals surface area contributed by atoms with Crippen molar-refractivity contribution in [2.45, 2.75) is 0 Å². The Labute approximate surface area is 89.0 Å². The number of phenols is 1. The summed E-state index contributed by atoms with van der Waals surface area (Å²) in [5.41, 5.74) is 1.38. The normalized spacial score (nSPS) is 10.0. The van der Waals surface area contributed by atoms with Gasteiger partial charge in [-0.25, -0.2) is 0 Å². The van der Waals surface area contributed by atoms with E-state index in [1.807, 2.05) is 6.07 Å². The molecule has 1 aromatic rings. The van der Waals surface area contributed by atoms with Gasteiger partial charge in [0.2, 0.25) is 0 Å². The van der Waals surface area contributed by atoms with E-state index >= 15 is 0 Å². The first-order chi connectivity index (χ1) is 7.29. The molecule has 5 heteroatoms. The van der Waals surface area contributed by atoms with Gasteiger partial charge in [0, 0.05) is 14.2 Å². The minimum absolute atomic E-state index is 0.174. The number of ether oxygens (including phenoxy) is 2. The zero-order valence-corrected chi connectivity index (χ0v) is 8.91. The number of rotatable bonds is 6. The highest BCUT2D eigenvalue weighted by Gasteiger charge is 2.05. The largest absolute Gasteiger partial charge is 0.506 e. The molecule has 0 aliphatic carbocycles. The van der Waals surface area contributed by atoms with Gasteiger partial charge in [-0.15, -0.1) is 0 Å². The fraction of sp³-hybridized carbons (Fsp3) is 0.400. The number of benzene rings is 1. The summed E-state index contributed by atoms with van der Waals surface area (Å²) in [6.07, 6.45) is 0. The van der Waals surface area contributed by atoms with E-state index in [1.54, 1.807) is 26.4 Å². The number of hydrogen-bond donors (Lipinski definition) is 3. The molecule has 0 radical (unpaired) electrons. The number of methoxy groups -OCH3 is 2. The summed E-state index contributed by atoms with van der Waals surface area (Å²) in [6, 6.07) is 5.21. The van der Waals surface area contributed by atoms with Crippen LogP contribution >= 0.6 is 0 Å². The van der Waals surface area contributed by atoms with Gasteiger partial charge in [0.25, 0.3) is 0 Å². The third-order valence-corrected chi connectivity index (χ3v) is 1.84. The Morgan fingerprint density at radius 1 is 1.13 bits per heavy atom. The topological polar surface area (TPSA) is 62.8 Å². The van der Waals surface area contributed by atoms with Gasteiger partial charge in [-0.3, -0.25) is 0 Å². The summed E-state index contributed by atoms with van der Waals surface area (Å²) in [6.45, 7) is 0.713. The number of nitrogens with one attached hydrogen (secondary N) is 2. The van der Waals surface area contributed by atoms with Crippen LogP contribution in [0.2, 0.25) is 0 Å². The number of para-hydroxylation sites is 1. The second-order valence-corrected chi connectivity index (χ2v) is 2.92. The Balaban J connectivity index is 2.77. The van der Waals surface area contributed by atoms with Crippen LogP contribution in [0.15, 0.2) is 18.2 Å². The van der Waals surface area contributed by atoms with Crippen LogP contribution in [0.4, 0.5) is 11.4 Å². The van der Waals surface area contributed by atoms with Gasteiger partial charge in [-0.1, -0.05) is 6.07 Å². The van der Waals surface area contributed by atoms with Crippen molar-refractivity contribution in [3.8, 4) is 5.75 Å². The number of anilines is 2. The lowest BCUT2D eigenvalue weighted by Gasteiger charge is -2.14. The number of phenolic OH excluding ortho intramolecular Hbond substituents is 1. The fourth-order valence-electron chi connectivity index (χ4n) is 1.17. The lowest BCUT2D eigenvalue weighted by molar-refractivity contribution is 0.219. The van der Waals surface area contributed by atoms with Crippen LogP contribution in [0.5, 0.6) is 5.75 Å². The summed E-state index contributed by atoms with van der Waals surface area (Å²) in [5, 5.41) is 15.6. The molecule has 0 aliphatic heterocycles. The van der Waals surface area contributed by atoms with Crippen molar-refractivity contribution in [3.05, 3.63) is 18.2 Å². The molecule has 0 bridgehead atoms. The van der Waals surface area contributed by atoms with Gasteiger partial charge in [-0.2, -0.15) is 0 Å². The minimum Gasteiger partial charge on any atom is -0.506 e. The molecule has 0 fully saturated rings. The van der Waals surface area contributed by atoms with Gasteiger partial charge in [0.15, 0.2) is 0 Å². The molecule has 5 nitrogen and oxygen atoms in total. The number of hydrogen-bond acceptors (Lipinski definition) is 5.